The Kier molecular flexibility index (Phi) is 10.8. The number of hydrogen-bond donors (Lipinski definition) is 0. The van der Waals surface area contributed by atoms with Crippen LogP contribution in [0.2, 0.25) is 0 Å². The van der Waals surface area contributed by atoms with Crippen molar-refractivity contribution >= 4 is 71.1 Å². The van der Waals surface area contributed by atoms with Gasteiger partial charge in [0, 0.05) is 60.4 Å². The van der Waals surface area contributed by atoms with E-state index in [0.29, 0.717) is 22.6 Å². The number of fused-ring (bicyclic) bond motifs is 9. The lowest BCUT2D eigenvalue weighted by molar-refractivity contribution is 1.16. The number of nitrogens with zero attached hydrogens (tertiary/aromatic N) is 8. The Labute approximate surface area is 465 Å². The first-order valence-corrected chi connectivity index (χ1v) is 26.7. The minimum absolute atomic E-state index is 0.538. The number of aromatic nitrogens is 5. The second-order valence-electron chi connectivity index (χ2n) is 20.3. The monoisotopic (exact) mass is 1030 g/mol. The van der Waals surface area contributed by atoms with E-state index < -0.39 is 0 Å². The van der Waals surface area contributed by atoms with E-state index in [0.717, 1.165) is 111 Å². The molecule has 81 heavy (non-hydrogen) atoms. The molecule has 0 spiro atoms. The Bertz CT molecular complexity index is 4820. The molecule has 0 unspecified atom stereocenters. The molecule has 15 aromatic rings. The molecule has 0 bridgehead atoms. The summed E-state index contributed by atoms with van der Waals surface area (Å²) in [5.74, 6) is 0.538. The molecular weight excluding hydrogens is 989 g/mol. The first kappa shape index (κ1) is 46.7. The van der Waals surface area contributed by atoms with Crippen LogP contribution in [-0.2, 0) is 0 Å². The van der Waals surface area contributed by atoms with Gasteiger partial charge in [-0.05, 0) is 138 Å². The molecule has 15 rings (SSSR count). The van der Waals surface area contributed by atoms with E-state index in [-0.39, 0.29) is 0 Å². The van der Waals surface area contributed by atoms with E-state index in [4.69, 9.17) is 16.5 Å². The van der Waals surface area contributed by atoms with Gasteiger partial charge in [-0.1, -0.05) is 140 Å². The molecule has 11 aromatic carbocycles. The van der Waals surface area contributed by atoms with Crippen molar-refractivity contribution in [2.45, 2.75) is 0 Å². The van der Waals surface area contributed by atoms with Crippen LogP contribution in [0.4, 0.5) is 5.69 Å². The smallest absolute Gasteiger partial charge is 0.211 e. The van der Waals surface area contributed by atoms with E-state index in [9.17, 15) is 10.5 Å². The summed E-state index contributed by atoms with van der Waals surface area (Å²) in [5, 5.41) is 25.9. The van der Waals surface area contributed by atoms with Crippen molar-refractivity contribution in [2.75, 3.05) is 0 Å². The maximum atomic E-state index is 9.43. The van der Waals surface area contributed by atoms with Gasteiger partial charge in [0.15, 0.2) is 5.82 Å². The predicted molar refractivity (Wildman–Crippen MR) is 328 cm³/mol. The minimum atomic E-state index is 0.538. The number of para-hydroxylation sites is 4. The van der Waals surface area contributed by atoms with Gasteiger partial charge in [-0.25, -0.2) is 14.8 Å². The van der Waals surface area contributed by atoms with Gasteiger partial charge in [-0.3, -0.25) is 0 Å². The number of hydrogen-bond acceptors (Lipinski definition) is 4. The summed E-state index contributed by atoms with van der Waals surface area (Å²) in [6, 6.07) is 92.1. The number of benzene rings is 11. The van der Waals surface area contributed by atoms with Gasteiger partial charge >= 0.3 is 0 Å². The van der Waals surface area contributed by atoms with Gasteiger partial charge < -0.3 is 13.7 Å². The number of rotatable bonds is 8. The average Bonchev–Trinajstić information content (AvgIpc) is 4.19. The highest BCUT2D eigenvalue weighted by atomic mass is 15.0. The molecule has 4 aromatic heterocycles. The average molecular weight is 1030 g/mol. The van der Waals surface area contributed by atoms with Crippen LogP contribution in [0, 0.1) is 29.2 Å². The Morgan fingerprint density at radius 1 is 0.321 bits per heavy atom. The van der Waals surface area contributed by atoms with Crippen LogP contribution < -0.4 is 0 Å². The van der Waals surface area contributed by atoms with E-state index in [1.54, 1.807) is 24.3 Å². The Morgan fingerprint density at radius 2 is 0.679 bits per heavy atom. The van der Waals surface area contributed by atoms with Crippen molar-refractivity contribution in [2.24, 2.45) is 0 Å². The van der Waals surface area contributed by atoms with Crippen molar-refractivity contribution < 1.29 is 0 Å². The third-order valence-corrected chi connectivity index (χ3v) is 15.8. The van der Waals surface area contributed by atoms with Crippen LogP contribution in [0.1, 0.15) is 11.1 Å². The first-order chi connectivity index (χ1) is 40.0. The largest absolute Gasteiger partial charge is 0.319 e. The fraction of sp³-hybridized carbons (Fsp3) is 0. The SMILES string of the molecule is [C-]#[N+]c1cc(-c2ccc(-c3ccc(-c4cc(-c5ccc(C#N)cc5)nc(-c5ccc(C#N)cc5)n4)cc3)cc2)ccc1-n1c2ccc(-n3c4ccccc4c4ccccc43)cc2c2cc(-n3c4ccccc4c4ccccc43)ccc21. The summed E-state index contributed by atoms with van der Waals surface area (Å²) in [6.07, 6.45) is 0. The van der Waals surface area contributed by atoms with Gasteiger partial charge in [-0.2, -0.15) is 10.5 Å². The lowest BCUT2D eigenvalue weighted by atomic mass is 9.98. The molecule has 0 aliphatic rings. The van der Waals surface area contributed by atoms with Crippen LogP contribution in [0.15, 0.2) is 255 Å². The molecule has 0 amide bonds. The highest BCUT2D eigenvalue weighted by Crippen LogP contribution is 2.42. The zero-order valence-electron chi connectivity index (χ0n) is 43.3. The molecule has 8 nitrogen and oxygen atoms in total. The summed E-state index contributed by atoms with van der Waals surface area (Å²) in [4.78, 5) is 14.1. The van der Waals surface area contributed by atoms with Crippen LogP contribution >= 0.6 is 0 Å². The molecule has 0 saturated heterocycles. The Balaban J connectivity index is 0.799. The van der Waals surface area contributed by atoms with Crippen LogP contribution in [0.3, 0.4) is 0 Å². The molecule has 0 saturated carbocycles. The second-order valence-corrected chi connectivity index (χ2v) is 20.3. The van der Waals surface area contributed by atoms with Crippen LogP contribution in [-0.4, -0.2) is 23.7 Å². The Morgan fingerprint density at radius 3 is 1.10 bits per heavy atom. The topological polar surface area (TPSA) is 92.5 Å². The summed E-state index contributed by atoms with van der Waals surface area (Å²) in [5.41, 5.74) is 19.4. The van der Waals surface area contributed by atoms with Gasteiger partial charge in [0.2, 0.25) is 5.69 Å². The molecule has 374 valence electrons. The maximum absolute atomic E-state index is 9.43. The normalized spacial score (nSPS) is 11.4. The molecule has 0 aliphatic carbocycles. The van der Waals surface area contributed by atoms with E-state index in [1.165, 1.54) is 21.5 Å². The van der Waals surface area contributed by atoms with Gasteiger partial charge in [-0.15, -0.1) is 0 Å². The second kappa shape index (κ2) is 18.8. The van der Waals surface area contributed by atoms with Crippen LogP contribution in [0.25, 0.3) is 143 Å². The third kappa shape index (κ3) is 7.73. The first-order valence-electron chi connectivity index (χ1n) is 26.7. The standard InChI is InChI=1S/C73H42N8/c1-76-65-40-54(50-28-26-48(27-29-50)49-30-32-52(33-31-49)64-43-63(51-22-18-46(44-74)19-23-51)77-73(78-64)53-24-20-47(45-75)21-25-53)34-37-72(65)81-70-38-35-55(79-66-14-6-2-10-57(66)58-11-3-7-15-67(58)79)41-61(70)62-42-56(36-39-71(62)81)80-68-16-8-4-12-59(68)60-13-5-9-17-69(60)80/h2-43H. The van der Waals surface area contributed by atoms with Crippen molar-refractivity contribution in [3.05, 3.63) is 277 Å². The summed E-state index contributed by atoms with van der Waals surface area (Å²) in [6.45, 7) is 8.67. The molecule has 8 heteroatoms. The van der Waals surface area contributed by atoms with E-state index in [1.807, 2.05) is 36.4 Å². The molecular formula is C73H42N8. The minimum Gasteiger partial charge on any atom is -0.319 e. The van der Waals surface area contributed by atoms with Gasteiger partial charge in [0.05, 0.1) is 80.0 Å². The number of nitriles is 2. The zero-order chi connectivity index (χ0) is 54.1. The van der Waals surface area contributed by atoms with Gasteiger partial charge in [0.25, 0.3) is 0 Å². The van der Waals surface area contributed by atoms with E-state index in [2.05, 4.69) is 225 Å². The molecule has 0 fully saturated rings. The molecule has 4 heterocycles. The fourth-order valence-corrected chi connectivity index (χ4v) is 11.9. The molecule has 0 aliphatic heterocycles. The molecule has 0 atom stereocenters. The lowest BCUT2D eigenvalue weighted by Gasteiger charge is -2.14. The third-order valence-electron chi connectivity index (χ3n) is 15.8. The molecule has 0 N–H and O–H groups in total. The van der Waals surface area contributed by atoms with Crippen molar-refractivity contribution in [3.8, 4) is 85.4 Å². The van der Waals surface area contributed by atoms with Crippen LogP contribution in [0.5, 0.6) is 0 Å². The lowest BCUT2D eigenvalue weighted by Crippen LogP contribution is -1.97. The summed E-state index contributed by atoms with van der Waals surface area (Å²) < 4.78 is 7.01. The van der Waals surface area contributed by atoms with Gasteiger partial charge in [0.1, 0.15) is 0 Å². The highest BCUT2D eigenvalue weighted by Gasteiger charge is 2.21. The maximum Gasteiger partial charge on any atom is 0.211 e. The van der Waals surface area contributed by atoms with E-state index >= 15 is 0 Å². The van der Waals surface area contributed by atoms with Crippen molar-refractivity contribution in [3.63, 3.8) is 0 Å². The van der Waals surface area contributed by atoms with Crippen molar-refractivity contribution in [1.29, 1.82) is 10.5 Å². The quantitative estimate of drug-likeness (QED) is 0.142. The van der Waals surface area contributed by atoms with Crippen molar-refractivity contribution in [1.82, 2.24) is 23.7 Å². The fourth-order valence-electron chi connectivity index (χ4n) is 11.9. The highest BCUT2D eigenvalue weighted by molar-refractivity contribution is 6.14. The Hall–Kier alpha value is -11.6. The summed E-state index contributed by atoms with van der Waals surface area (Å²) >= 11 is 0. The predicted octanol–water partition coefficient (Wildman–Crippen LogP) is 18.4. The molecule has 0 radical (unpaired) electrons. The zero-order valence-corrected chi connectivity index (χ0v) is 43.3. The summed E-state index contributed by atoms with van der Waals surface area (Å²) in [7, 11) is 0.